The average Bonchev–Trinajstić information content (AvgIpc) is 3.53. The van der Waals surface area contributed by atoms with Crippen molar-refractivity contribution in [3.8, 4) is 0 Å². The highest BCUT2D eigenvalue weighted by atomic mass is 16.2. The Hall–Kier alpha value is -2.94. The van der Waals surface area contributed by atoms with Crippen LogP contribution >= 0.6 is 0 Å². The molecule has 34 heavy (non-hydrogen) atoms. The number of carbonyl (C=O) groups is 2. The van der Waals surface area contributed by atoms with E-state index in [9.17, 15) is 9.59 Å². The quantitative estimate of drug-likeness (QED) is 0.721. The lowest BCUT2D eigenvalue weighted by molar-refractivity contribution is 0.0219. The first-order chi connectivity index (χ1) is 16.3. The summed E-state index contributed by atoms with van der Waals surface area (Å²) in [7, 11) is 0. The van der Waals surface area contributed by atoms with Crippen LogP contribution in [0.3, 0.4) is 0 Å². The number of urea groups is 1. The van der Waals surface area contributed by atoms with Crippen molar-refractivity contribution in [1.29, 1.82) is 0 Å². The fourth-order valence-corrected chi connectivity index (χ4v) is 5.77. The number of amides is 3. The van der Waals surface area contributed by atoms with Crippen molar-refractivity contribution in [3.05, 3.63) is 41.3 Å². The molecule has 2 saturated heterocycles. The van der Waals surface area contributed by atoms with Crippen LogP contribution in [0.5, 0.6) is 0 Å². The normalized spacial score (nSPS) is 24.6. The van der Waals surface area contributed by atoms with E-state index in [1.165, 1.54) is 6.42 Å². The molecule has 1 unspecified atom stereocenters. The second-order valence-corrected chi connectivity index (χ2v) is 10.4. The van der Waals surface area contributed by atoms with E-state index < -0.39 is 5.54 Å². The fraction of sp³-hybridized carbons (Fsp3) is 0.600. The van der Waals surface area contributed by atoms with Crippen LogP contribution in [0.15, 0.2) is 24.4 Å². The van der Waals surface area contributed by atoms with Crippen molar-refractivity contribution in [3.63, 3.8) is 0 Å². The average molecular weight is 466 g/mol. The van der Waals surface area contributed by atoms with Crippen LogP contribution < -0.4 is 5.32 Å². The molecule has 0 radical (unpaired) electrons. The molecule has 2 N–H and O–H groups in total. The molecule has 0 bridgehead atoms. The maximum absolute atomic E-state index is 14.1. The van der Waals surface area contributed by atoms with Crippen molar-refractivity contribution < 1.29 is 9.59 Å². The van der Waals surface area contributed by atoms with E-state index in [1.54, 1.807) is 24.4 Å². The number of hydrogen-bond acceptors (Lipinski definition) is 5. The van der Waals surface area contributed by atoms with E-state index in [4.69, 9.17) is 0 Å². The molecular weight excluding hydrogens is 430 g/mol. The van der Waals surface area contributed by atoms with Gasteiger partial charge in [0.25, 0.3) is 5.91 Å². The molecular formula is C25H35N7O2. The van der Waals surface area contributed by atoms with Gasteiger partial charge in [-0.25, -0.2) is 4.79 Å². The van der Waals surface area contributed by atoms with Gasteiger partial charge in [0, 0.05) is 36.9 Å². The van der Waals surface area contributed by atoms with Crippen LogP contribution in [0.2, 0.25) is 0 Å². The number of aromatic nitrogens is 3. The van der Waals surface area contributed by atoms with E-state index in [2.05, 4.69) is 44.1 Å². The zero-order valence-corrected chi connectivity index (χ0v) is 20.5. The summed E-state index contributed by atoms with van der Waals surface area (Å²) in [4.78, 5) is 37.5. The Morgan fingerprint density at radius 2 is 2.12 bits per heavy atom. The van der Waals surface area contributed by atoms with Crippen LogP contribution in [0.4, 0.5) is 10.6 Å². The molecule has 3 atom stereocenters. The Labute approximate surface area is 200 Å². The summed E-state index contributed by atoms with van der Waals surface area (Å²) in [6.07, 6.45) is 5.01. The molecule has 0 saturated carbocycles. The van der Waals surface area contributed by atoms with Gasteiger partial charge in [-0.2, -0.15) is 5.10 Å². The number of fused-ring (bicyclic) bond motifs is 2. The van der Waals surface area contributed by atoms with Crippen molar-refractivity contribution >= 4 is 17.8 Å². The van der Waals surface area contributed by atoms with Crippen LogP contribution in [0, 0.1) is 5.92 Å². The summed E-state index contributed by atoms with van der Waals surface area (Å²) in [6, 6.07) is 5.96. The van der Waals surface area contributed by atoms with Gasteiger partial charge >= 0.3 is 6.03 Å². The van der Waals surface area contributed by atoms with Gasteiger partial charge in [-0.3, -0.25) is 19.8 Å². The van der Waals surface area contributed by atoms with Gasteiger partial charge in [0.15, 0.2) is 5.82 Å². The Morgan fingerprint density at radius 3 is 2.85 bits per heavy atom. The van der Waals surface area contributed by atoms with E-state index >= 15 is 0 Å². The molecule has 2 aromatic rings. The summed E-state index contributed by atoms with van der Waals surface area (Å²) in [5, 5.41) is 10.3. The standard InChI is InChI=1S/C25H35N7O2/c1-5-16(2)20-15-30-12-8-9-17(30)13-31(20)24(34)32-14-18-21(25(32,3)4)28-29-22(18)27-23(33)19-10-6-7-11-26-19/h6-7,10-11,16-17,20H,5,8-9,12-15H2,1-4H3,(H2,27,28,29,33)/t16-,17+,20?/m0/s1. The fourth-order valence-electron chi connectivity index (χ4n) is 5.77. The van der Waals surface area contributed by atoms with Crippen molar-refractivity contribution in [2.24, 2.45) is 5.92 Å². The molecule has 0 aromatic carbocycles. The monoisotopic (exact) mass is 465 g/mol. The summed E-state index contributed by atoms with van der Waals surface area (Å²) < 4.78 is 0. The summed E-state index contributed by atoms with van der Waals surface area (Å²) in [5.74, 6) is 0.587. The molecule has 2 fully saturated rings. The predicted molar refractivity (Wildman–Crippen MR) is 129 cm³/mol. The van der Waals surface area contributed by atoms with Crippen LogP contribution in [-0.4, -0.2) is 73.5 Å². The number of aromatic amines is 1. The van der Waals surface area contributed by atoms with Gasteiger partial charge in [0.2, 0.25) is 0 Å². The molecule has 182 valence electrons. The number of rotatable bonds is 4. The molecule has 9 nitrogen and oxygen atoms in total. The van der Waals surface area contributed by atoms with Crippen LogP contribution in [0.1, 0.15) is 68.7 Å². The first-order valence-corrected chi connectivity index (χ1v) is 12.4. The first kappa shape index (κ1) is 22.8. The van der Waals surface area contributed by atoms with Crippen molar-refractivity contribution in [2.45, 2.75) is 71.1 Å². The van der Waals surface area contributed by atoms with Crippen LogP contribution in [-0.2, 0) is 12.1 Å². The summed E-state index contributed by atoms with van der Waals surface area (Å²) in [6.45, 7) is 11.9. The first-order valence-electron chi connectivity index (χ1n) is 12.4. The third-order valence-corrected chi connectivity index (χ3v) is 8.11. The minimum atomic E-state index is -0.555. The van der Waals surface area contributed by atoms with E-state index in [0.717, 1.165) is 43.7 Å². The van der Waals surface area contributed by atoms with Gasteiger partial charge in [-0.15, -0.1) is 0 Å². The second kappa shape index (κ2) is 8.69. The van der Waals surface area contributed by atoms with E-state index in [0.29, 0.717) is 30.0 Å². The number of H-pyrrole nitrogens is 1. The zero-order chi connectivity index (χ0) is 24.0. The van der Waals surface area contributed by atoms with Gasteiger partial charge in [0.1, 0.15) is 5.69 Å². The molecule has 5 rings (SSSR count). The lowest BCUT2D eigenvalue weighted by Gasteiger charge is -2.48. The highest BCUT2D eigenvalue weighted by Crippen LogP contribution is 2.42. The smallest absolute Gasteiger partial charge is 0.319 e. The lowest BCUT2D eigenvalue weighted by Crippen LogP contribution is -2.63. The third kappa shape index (κ3) is 3.76. The second-order valence-electron chi connectivity index (χ2n) is 10.4. The molecule has 3 amide bonds. The Bertz CT molecular complexity index is 1070. The maximum atomic E-state index is 14.1. The van der Waals surface area contributed by atoms with E-state index in [-0.39, 0.29) is 18.0 Å². The highest BCUT2D eigenvalue weighted by molar-refractivity contribution is 6.02. The number of nitrogens with zero attached hydrogens (tertiary/aromatic N) is 5. The summed E-state index contributed by atoms with van der Waals surface area (Å²) in [5.41, 5.74) is 1.51. The zero-order valence-electron chi connectivity index (χ0n) is 20.5. The number of nitrogens with one attached hydrogen (secondary N) is 2. The van der Waals surface area contributed by atoms with E-state index in [1.807, 2.05) is 18.7 Å². The Kier molecular flexibility index (Phi) is 5.83. The molecule has 9 heteroatoms. The Morgan fingerprint density at radius 1 is 1.29 bits per heavy atom. The number of hydrogen-bond donors (Lipinski definition) is 2. The highest BCUT2D eigenvalue weighted by Gasteiger charge is 2.48. The molecule has 3 aliphatic rings. The van der Waals surface area contributed by atoms with Crippen LogP contribution in [0.25, 0.3) is 0 Å². The van der Waals surface area contributed by atoms with Gasteiger partial charge in [0.05, 0.1) is 17.8 Å². The molecule has 0 aliphatic carbocycles. The molecule has 3 aliphatic heterocycles. The third-order valence-electron chi connectivity index (χ3n) is 8.11. The topological polar surface area (TPSA) is 97.5 Å². The number of piperazine rings is 1. The predicted octanol–water partition coefficient (Wildman–Crippen LogP) is 3.42. The molecule has 0 spiro atoms. The van der Waals surface area contributed by atoms with Crippen molar-refractivity contribution in [2.75, 3.05) is 25.0 Å². The van der Waals surface area contributed by atoms with Crippen molar-refractivity contribution in [1.82, 2.24) is 29.9 Å². The molecule has 2 aromatic heterocycles. The SMILES string of the molecule is CC[C@H](C)C1CN2CCC[C@@H]2CN1C(=O)N1Cc2c(NC(=O)c3ccccn3)n[nH]c2C1(C)C. The van der Waals surface area contributed by atoms with Gasteiger partial charge < -0.3 is 15.1 Å². The van der Waals surface area contributed by atoms with Gasteiger partial charge in [-0.05, 0) is 51.3 Å². The molecule has 5 heterocycles. The largest absolute Gasteiger partial charge is 0.321 e. The lowest BCUT2D eigenvalue weighted by atomic mass is 9.93. The van der Waals surface area contributed by atoms with Gasteiger partial charge in [-0.1, -0.05) is 26.3 Å². The minimum Gasteiger partial charge on any atom is -0.319 e. The number of anilines is 1. The maximum Gasteiger partial charge on any atom is 0.321 e. The summed E-state index contributed by atoms with van der Waals surface area (Å²) >= 11 is 0. The number of carbonyl (C=O) groups excluding carboxylic acids is 2. The Balaban J connectivity index is 1.38. The number of pyridine rings is 1. The minimum absolute atomic E-state index is 0.0773.